The van der Waals surface area contributed by atoms with E-state index in [2.05, 4.69) is 21.8 Å². The number of aliphatic imine (C=N–C) groups is 1. The van der Waals surface area contributed by atoms with Crippen LogP contribution in [0.25, 0.3) is 0 Å². The van der Waals surface area contributed by atoms with Crippen molar-refractivity contribution in [2.24, 2.45) is 10.7 Å². The van der Waals surface area contributed by atoms with E-state index in [1.165, 1.54) is 25.7 Å². The van der Waals surface area contributed by atoms with Crippen LogP contribution in [0.1, 0.15) is 51.0 Å². The molecule has 0 bridgehead atoms. The Bertz CT molecular complexity index is 473. The zero-order valence-electron chi connectivity index (χ0n) is 14.0. The molecule has 2 heterocycles. The summed E-state index contributed by atoms with van der Waals surface area (Å²) in [5.74, 6) is 1.33. The molecule has 0 amide bonds. The largest absolute Gasteiger partial charge is 0.477 e. The Morgan fingerprint density at radius 3 is 2.74 bits per heavy atom. The Balaban J connectivity index is 0.00000264. The van der Waals surface area contributed by atoms with Gasteiger partial charge in [-0.1, -0.05) is 32.3 Å². The fourth-order valence-corrected chi connectivity index (χ4v) is 2.55. The van der Waals surface area contributed by atoms with Gasteiger partial charge in [-0.05, 0) is 25.3 Å². The lowest BCUT2D eigenvalue weighted by Crippen LogP contribution is -2.38. The minimum Gasteiger partial charge on any atom is -0.477 e. The topological polar surface area (TPSA) is 63.7 Å². The van der Waals surface area contributed by atoms with E-state index in [-0.39, 0.29) is 24.0 Å². The average Bonchev–Trinajstić information content (AvgIpc) is 2.83. The van der Waals surface area contributed by atoms with E-state index in [1.54, 1.807) is 6.20 Å². The highest BCUT2D eigenvalue weighted by Gasteiger charge is 2.11. The van der Waals surface area contributed by atoms with Gasteiger partial charge in [0.2, 0.25) is 5.88 Å². The minimum atomic E-state index is 0. The van der Waals surface area contributed by atoms with Crippen LogP contribution in [0, 0.1) is 0 Å². The number of likely N-dealkylation sites (tertiary alicyclic amines) is 1. The van der Waals surface area contributed by atoms with Crippen LogP contribution in [-0.2, 0) is 6.54 Å². The van der Waals surface area contributed by atoms with Gasteiger partial charge in [-0.15, -0.1) is 24.0 Å². The Labute approximate surface area is 156 Å². The van der Waals surface area contributed by atoms with Crippen molar-refractivity contribution >= 4 is 29.9 Å². The number of nitrogens with zero attached hydrogens (tertiary/aromatic N) is 3. The first-order chi connectivity index (χ1) is 10.8. The summed E-state index contributed by atoms with van der Waals surface area (Å²) in [6, 6.07) is 3.92. The molecular formula is C17H29IN4O. The number of ether oxygens (including phenoxy) is 1. The molecule has 0 atom stereocenters. The van der Waals surface area contributed by atoms with Crippen LogP contribution in [0.3, 0.4) is 0 Å². The van der Waals surface area contributed by atoms with Crippen LogP contribution in [0.2, 0.25) is 0 Å². The average molecular weight is 432 g/mol. The molecule has 1 saturated heterocycles. The SMILES string of the molecule is CCCCOc1ncccc1CN=C(N)N1CCCCCC1.I. The Kier molecular flexibility index (Phi) is 9.98. The first-order valence-corrected chi connectivity index (χ1v) is 8.43. The summed E-state index contributed by atoms with van der Waals surface area (Å²) in [7, 11) is 0. The Morgan fingerprint density at radius 2 is 2.04 bits per heavy atom. The molecule has 23 heavy (non-hydrogen) atoms. The first-order valence-electron chi connectivity index (χ1n) is 8.43. The van der Waals surface area contributed by atoms with E-state index < -0.39 is 0 Å². The van der Waals surface area contributed by atoms with E-state index in [1.807, 2.05) is 12.1 Å². The van der Waals surface area contributed by atoms with Crippen molar-refractivity contribution in [1.29, 1.82) is 0 Å². The molecule has 1 aromatic rings. The van der Waals surface area contributed by atoms with E-state index in [0.717, 1.165) is 31.5 Å². The maximum atomic E-state index is 6.15. The molecule has 2 rings (SSSR count). The molecule has 0 radical (unpaired) electrons. The van der Waals surface area contributed by atoms with Gasteiger partial charge in [0.05, 0.1) is 13.2 Å². The lowest BCUT2D eigenvalue weighted by molar-refractivity contribution is 0.294. The smallest absolute Gasteiger partial charge is 0.218 e. The van der Waals surface area contributed by atoms with Crippen molar-refractivity contribution in [3.05, 3.63) is 23.9 Å². The summed E-state index contributed by atoms with van der Waals surface area (Å²) in [6.45, 7) is 5.41. The molecule has 0 spiro atoms. The Morgan fingerprint density at radius 1 is 1.30 bits per heavy atom. The summed E-state index contributed by atoms with van der Waals surface area (Å²) >= 11 is 0. The third-order valence-corrected chi connectivity index (χ3v) is 3.93. The van der Waals surface area contributed by atoms with Crippen LogP contribution in [0.5, 0.6) is 5.88 Å². The number of hydrogen-bond acceptors (Lipinski definition) is 3. The monoisotopic (exact) mass is 432 g/mol. The molecular weight excluding hydrogens is 403 g/mol. The summed E-state index contributed by atoms with van der Waals surface area (Å²) in [4.78, 5) is 11.1. The second-order valence-electron chi connectivity index (χ2n) is 5.75. The van der Waals surface area contributed by atoms with E-state index in [4.69, 9.17) is 10.5 Å². The van der Waals surface area contributed by atoms with Gasteiger partial charge in [0, 0.05) is 24.8 Å². The molecule has 6 heteroatoms. The zero-order valence-corrected chi connectivity index (χ0v) is 16.4. The summed E-state index contributed by atoms with van der Waals surface area (Å²) in [5, 5.41) is 0. The normalized spacial score (nSPS) is 15.7. The molecule has 1 aliphatic heterocycles. The standard InChI is InChI=1S/C17H28N4O.HI/c1-2-3-13-22-16-15(9-8-10-19-16)14-20-17(18)21-11-6-4-5-7-12-21;/h8-10H,2-7,11-14H2,1H3,(H2,18,20);1H. The maximum absolute atomic E-state index is 6.15. The molecule has 1 fully saturated rings. The van der Waals surface area contributed by atoms with Gasteiger partial charge in [-0.2, -0.15) is 0 Å². The van der Waals surface area contributed by atoms with Crippen molar-refractivity contribution in [2.75, 3.05) is 19.7 Å². The molecule has 0 unspecified atom stereocenters. The van der Waals surface area contributed by atoms with Gasteiger partial charge in [-0.3, -0.25) is 0 Å². The molecule has 2 N–H and O–H groups in total. The predicted molar refractivity (Wildman–Crippen MR) is 105 cm³/mol. The van der Waals surface area contributed by atoms with Crippen LogP contribution >= 0.6 is 24.0 Å². The van der Waals surface area contributed by atoms with E-state index in [9.17, 15) is 0 Å². The molecule has 5 nitrogen and oxygen atoms in total. The van der Waals surface area contributed by atoms with Crippen molar-refractivity contribution in [3.8, 4) is 5.88 Å². The fourth-order valence-electron chi connectivity index (χ4n) is 2.55. The second kappa shape index (κ2) is 11.5. The number of guanidine groups is 1. The zero-order chi connectivity index (χ0) is 15.6. The summed E-state index contributed by atoms with van der Waals surface area (Å²) in [5.41, 5.74) is 7.15. The van der Waals surface area contributed by atoms with Crippen LogP contribution < -0.4 is 10.5 Å². The maximum Gasteiger partial charge on any atom is 0.218 e. The van der Waals surface area contributed by atoms with Gasteiger partial charge >= 0.3 is 0 Å². The molecule has 0 saturated carbocycles. The van der Waals surface area contributed by atoms with Crippen molar-refractivity contribution in [2.45, 2.75) is 52.0 Å². The number of rotatable bonds is 6. The summed E-state index contributed by atoms with van der Waals surface area (Å²) < 4.78 is 5.74. The van der Waals surface area contributed by atoms with E-state index in [0.29, 0.717) is 25.0 Å². The number of halogens is 1. The lowest BCUT2D eigenvalue weighted by Gasteiger charge is -2.21. The highest BCUT2D eigenvalue weighted by Crippen LogP contribution is 2.16. The van der Waals surface area contributed by atoms with Crippen molar-refractivity contribution in [1.82, 2.24) is 9.88 Å². The molecule has 0 aliphatic carbocycles. The van der Waals surface area contributed by atoms with Crippen LogP contribution in [-0.4, -0.2) is 35.5 Å². The number of nitrogens with two attached hydrogens (primary N) is 1. The molecule has 0 aromatic carbocycles. The minimum absolute atomic E-state index is 0. The number of aromatic nitrogens is 1. The lowest BCUT2D eigenvalue weighted by atomic mass is 10.2. The quantitative estimate of drug-likeness (QED) is 0.323. The highest BCUT2D eigenvalue weighted by molar-refractivity contribution is 14.0. The van der Waals surface area contributed by atoms with Crippen molar-refractivity contribution in [3.63, 3.8) is 0 Å². The fraction of sp³-hybridized carbons (Fsp3) is 0.647. The van der Waals surface area contributed by atoms with Crippen LogP contribution in [0.15, 0.2) is 23.3 Å². The number of hydrogen-bond donors (Lipinski definition) is 1. The molecule has 1 aromatic heterocycles. The van der Waals surface area contributed by atoms with Gasteiger partial charge < -0.3 is 15.4 Å². The van der Waals surface area contributed by atoms with Crippen LogP contribution in [0.4, 0.5) is 0 Å². The third kappa shape index (κ3) is 6.93. The highest BCUT2D eigenvalue weighted by atomic mass is 127. The Hall–Kier alpha value is -1.05. The third-order valence-electron chi connectivity index (χ3n) is 3.93. The number of pyridine rings is 1. The van der Waals surface area contributed by atoms with E-state index >= 15 is 0 Å². The number of unbranched alkanes of at least 4 members (excludes halogenated alkanes) is 1. The van der Waals surface area contributed by atoms with Crippen molar-refractivity contribution < 1.29 is 4.74 Å². The first kappa shape index (κ1) is 20.0. The van der Waals surface area contributed by atoms with Gasteiger partial charge in [0.1, 0.15) is 0 Å². The van der Waals surface area contributed by atoms with Gasteiger partial charge in [0.15, 0.2) is 5.96 Å². The molecule has 130 valence electrons. The van der Waals surface area contributed by atoms with Gasteiger partial charge in [-0.25, -0.2) is 9.98 Å². The molecule has 1 aliphatic rings. The predicted octanol–water partition coefficient (Wildman–Crippen LogP) is 3.57. The van der Waals surface area contributed by atoms with Gasteiger partial charge in [0.25, 0.3) is 0 Å². The summed E-state index contributed by atoms with van der Waals surface area (Å²) in [6.07, 6.45) is 8.90. The second-order valence-corrected chi connectivity index (χ2v) is 5.75.